The van der Waals surface area contributed by atoms with Crippen LogP contribution in [0.5, 0.6) is 5.75 Å². The molecule has 28 heavy (non-hydrogen) atoms. The number of methoxy groups -OCH3 is 2. The zero-order chi connectivity index (χ0) is 20.4. The van der Waals surface area contributed by atoms with Crippen LogP contribution in [0.15, 0.2) is 24.3 Å². The molecular formula is C20H22N2O5S. The van der Waals surface area contributed by atoms with Gasteiger partial charge in [-0.2, -0.15) is 0 Å². The van der Waals surface area contributed by atoms with E-state index in [1.807, 2.05) is 13.8 Å². The number of carbonyl (C=O) groups is 3. The normalized spacial score (nSPS) is 16.2. The van der Waals surface area contributed by atoms with Gasteiger partial charge in [-0.05, 0) is 43.7 Å². The van der Waals surface area contributed by atoms with Gasteiger partial charge in [0.15, 0.2) is 0 Å². The summed E-state index contributed by atoms with van der Waals surface area (Å²) in [4.78, 5) is 39.8. The molecular weight excluding hydrogens is 380 g/mol. The first-order valence-corrected chi connectivity index (χ1v) is 9.61. The van der Waals surface area contributed by atoms with Gasteiger partial charge in [0.05, 0.1) is 25.7 Å². The SMILES string of the molecule is COC(=O)c1c(NC(=O)C2CC(=O)N(c3ccc(OC)cc3)C2)sc(C)c1C. The molecule has 0 saturated carbocycles. The van der Waals surface area contributed by atoms with Crippen LogP contribution in [0.3, 0.4) is 0 Å². The molecule has 0 spiro atoms. The average molecular weight is 402 g/mol. The van der Waals surface area contributed by atoms with Gasteiger partial charge in [0.2, 0.25) is 11.8 Å². The van der Waals surface area contributed by atoms with E-state index in [2.05, 4.69) is 5.32 Å². The molecule has 8 heteroatoms. The number of hydrogen-bond acceptors (Lipinski definition) is 6. The Morgan fingerprint density at radius 2 is 1.86 bits per heavy atom. The molecule has 1 fully saturated rings. The van der Waals surface area contributed by atoms with Crippen LogP contribution >= 0.6 is 11.3 Å². The smallest absolute Gasteiger partial charge is 0.341 e. The zero-order valence-electron chi connectivity index (χ0n) is 16.2. The van der Waals surface area contributed by atoms with Crippen molar-refractivity contribution in [1.29, 1.82) is 0 Å². The fourth-order valence-corrected chi connectivity index (χ4v) is 4.22. The Kier molecular flexibility index (Phi) is 5.69. The summed E-state index contributed by atoms with van der Waals surface area (Å²) in [5.74, 6) is -0.682. The summed E-state index contributed by atoms with van der Waals surface area (Å²) in [6, 6.07) is 7.13. The summed E-state index contributed by atoms with van der Waals surface area (Å²) < 4.78 is 9.96. The number of thiophene rings is 1. The molecule has 2 amide bonds. The van der Waals surface area contributed by atoms with Crippen molar-refractivity contribution in [1.82, 2.24) is 0 Å². The van der Waals surface area contributed by atoms with Gasteiger partial charge in [-0.3, -0.25) is 9.59 Å². The lowest BCUT2D eigenvalue weighted by Crippen LogP contribution is -2.28. The Morgan fingerprint density at radius 3 is 2.46 bits per heavy atom. The average Bonchev–Trinajstić information content (AvgIpc) is 3.21. The minimum absolute atomic E-state index is 0.114. The Hall–Kier alpha value is -2.87. The molecule has 0 radical (unpaired) electrons. The molecule has 3 rings (SSSR count). The summed E-state index contributed by atoms with van der Waals surface area (Å²) in [6.45, 7) is 3.98. The lowest BCUT2D eigenvalue weighted by molar-refractivity contribution is -0.122. The van der Waals surface area contributed by atoms with Crippen LogP contribution in [-0.4, -0.2) is 38.5 Å². The minimum atomic E-state index is -0.497. The third-order valence-corrected chi connectivity index (χ3v) is 6.01. The highest BCUT2D eigenvalue weighted by Gasteiger charge is 2.36. The summed E-state index contributed by atoms with van der Waals surface area (Å²) in [6.07, 6.45) is 0.120. The fraction of sp³-hybridized carbons (Fsp3) is 0.350. The molecule has 1 aromatic carbocycles. The van der Waals surface area contributed by atoms with E-state index in [0.717, 1.165) is 16.1 Å². The fourth-order valence-electron chi connectivity index (χ4n) is 3.17. The van der Waals surface area contributed by atoms with E-state index in [0.29, 0.717) is 16.3 Å². The summed E-state index contributed by atoms with van der Waals surface area (Å²) in [5.41, 5.74) is 1.88. The number of anilines is 2. The number of carbonyl (C=O) groups excluding carboxylic acids is 3. The standard InChI is InChI=1S/C20H22N2O5S/c1-11-12(2)28-19(17(11)20(25)27-4)21-18(24)13-9-16(23)22(10-13)14-5-7-15(26-3)8-6-14/h5-8,13H,9-10H2,1-4H3,(H,21,24). The Balaban J connectivity index is 1.75. The van der Waals surface area contributed by atoms with Crippen molar-refractivity contribution in [2.75, 3.05) is 31.0 Å². The number of nitrogens with zero attached hydrogens (tertiary/aromatic N) is 1. The van der Waals surface area contributed by atoms with Crippen LogP contribution in [-0.2, 0) is 14.3 Å². The Bertz CT molecular complexity index is 919. The monoisotopic (exact) mass is 402 g/mol. The second kappa shape index (κ2) is 8.02. The van der Waals surface area contributed by atoms with Gasteiger partial charge < -0.3 is 19.7 Å². The third-order valence-electron chi connectivity index (χ3n) is 4.89. The van der Waals surface area contributed by atoms with Crippen molar-refractivity contribution in [2.24, 2.45) is 5.92 Å². The molecule has 1 aliphatic rings. The van der Waals surface area contributed by atoms with Crippen molar-refractivity contribution in [3.05, 3.63) is 40.3 Å². The first kappa shape index (κ1) is 19.9. The van der Waals surface area contributed by atoms with Gasteiger partial charge in [0.25, 0.3) is 0 Å². The number of nitrogens with one attached hydrogen (secondary N) is 1. The lowest BCUT2D eigenvalue weighted by Gasteiger charge is -2.17. The second-order valence-corrected chi connectivity index (χ2v) is 7.80. The van der Waals surface area contributed by atoms with E-state index in [-0.39, 0.29) is 24.8 Å². The van der Waals surface area contributed by atoms with Crippen LogP contribution in [0.1, 0.15) is 27.2 Å². The Labute approximate surface area is 167 Å². The van der Waals surface area contributed by atoms with Gasteiger partial charge in [-0.1, -0.05) is 0 Å². The second-order valence-electron chi connectivity index (χ2n) is 6.57. The van der Waals surface area contributed by atoms with Gasteiger partial charge >= 0.3 is 5.97 Å². The van der Waals surface area contributed by atoms with E-state index < -0.39 is 11.9 Å². The highest BCUT2D eigenvalue weighted by Crippen LogP contribution is 2.34. The third kappa shape index (κ3) is 3.73. The summed E-state index contributed by atoms with van der Waals surface area (Å²) in [5, 5.41) is 3.28. The highest BCUT2D eigenvalue weighted by molar-refractivity contribution is 7.16. The predicted octanol–water partition coefficient (Wildman–Crippen LogP) is 3.15. The molecule has 7 nitrogen and oxygen atoms in total. The number of esters is 1. The summed E-state index contributed by atoms with van der Waals surface area (Å²) in [7, 11) is 2.88. The van der Waals surface area contributed by atoms with Crippen LogP contribution in [0, 0.1) is 19.8 Å². The molecule has 0 aliphatic carbocycles. The van der Waals surface area contributed by atoms with E-state index in [4.69, 9.17) is 9.47 Å². The van der Waals surface area contributed by atoms with E-state index in [1.165, 1.54) is 18.4 Å². The van der Waals surface area contributed by atoms with Crippen molar-refractivity contribution in [3.63, 3.8) is 0 Å². The number of hydrogen-bond donors (Lipinski definition) is 1. The molecule has 0 bridgehead atoms. The van der Waals surface area contributed by atoms with Gasteiger partial charge in [-0.15, -0.1) is 11.3 Å². The molecule has 1 N–H and O–H groups in total. The van der Waals surface area contributed by atoms with Crippen LogP contribution < -0.4 is 15.0 Å². The maximum absolute atomic E-state index is 12.8. The zero-order valence-corrected chi connectivity index (χ0v) is 17.0. The number of ether oxygens (including phenoxy) is 2. The van der Waals surface area contributed by atoms with Crippen LogP contribution in [0.2, 0.25) is 0 Å². The highest BCUT2D eigenvalue weighted by atomic mass is 32.1. The quantitative estimate of drug-likeness (QED) is 0.777. The first-order chi connectivity index (χ1) is 13.3. The van der Waals surface area contributed by atoms with Crippen molar-refractivity contribution in [2.45, 2.75) is 20.3 Å². The number of benzene rings is 1. The van der Waals surface area contributed by atoms with Crippen molar-refractivity contribution < 1.29 is 23.9 Å². The van der Waals surface area contributed by atoms with Crippen molar-refractivity contribution in [3.8, 4) is 5.75 Å². The molecule has 1 saturated heterocycles. The predicted molar refractivity (Wildman–Crippen MR) is 107 cm³/mol. The summed E-state index contributed by atoms with van der Waals surface area (Å²) >= 11 is 1.33. The maximum Gasteiger partial charge on any atom is 0.341 e. The van der Waals surface area contributed by atoms with Crippen LogP contribution in [0.25, 0.3) is 0 Å². The number of aryl methyl sites for hydroxylation is 1. The van der Waals surface area contributed by atoms with E-state index in [1.54, 1.807) is 36.3 Å². The molecule has 1 aliphatic heterocycles. The largest absolute Gasteiger partial charge is 0.497 e. The molecule has 1 unspecified atom stereocenters. The van der Waals surface area contributed by atoms with Gasteiger partial charge in [0, 0.05) is 23.5 Å². The first-order valence-electron chi connectivity index (χ1n) is 8.79. The van der Waals surface area contributed by atoms with Crippen molar-refractivity contribution >= 4 is 39.8 Å². The van der Waals surface area contributed by atoms with E-state index in [9.17, 15) is 14.4 Å². The molecule has 2 heterocycles. The molecule has 2 aromatic rings. The minimum Gasteiger partial charge on any atom is -0.497 e. The molecule has 148 valence electrons. The lowest BCUT2D eigenvalue weighted by atomic mass is 10.1. The Morgan fingerprint density at radius 1 is 1.18 bits per heavy atom. The molecule has 1 aromatic heterocycles. The van der Waals surface area contributed by atoms with Crippen LogP contribution in [0.4, 0.5) is 10.7 Å². The van der Waals surface area contributed by atoms with E-state index >= 15 is 0 Å². The maximum atomic E-state index is 12.8. The number of amides is 2. The van der Waals surface area contributed by atoms with Gasteiger partial charge in [-0.25, -0.2) is 4.79 Å². The molecule has 1 atom stereocenters. The number of rotatable bonds is 5. The topological polar surface area (TPSA) is 84.9 Å². The van der Waals surface area contributed by atoms with Gasteiger partial charge in [0.1, 0.15) is 10.8 Å².